The molecule has 2 fully saturated rings. The van der Waals surface area contributed by atoms with Gasteiger partial charge in [0.15, 0.2) is 0 Å². The number of hydrogen-bond acceptors (Lipinski definition) is 3. The number of hydrogen-bond donors (Lipinski definition) is 1. The lowest BCUT2D eigenvalue weighted by atomic mass is 9.92. The summed E-state index contributed by atoms with van der Waals surface area (Å²) in [5, 5.41) is 3.48. The Morgan fingerprint density at radius 1 is 1.22 bits per heavy atom. The molecule has 2 aliphatic rings. The van der Waals surface area contributed by atoms with Crippen LogP contribution in [0.3, 0.4) is 0 Å². The van der Waals surface area contributed by atoms with Crippen LogP contribution in [-0.2, 0) is 0 Å². The fourth-order valence-corrected chi connectivity index (χ4v) is 3.05. The topological polar surface area (TPSA) is 24.5 Å². The molecule has 0 bridgehead atoms. The lowest BCUT2D eigenvalue weighted by Crippen LogP contribution is -2.55. The van der Waals surface area contributed by atoms with E-state index in [2.05, 4.69) is 10.2 Å². The summed E-state index contributed by atoms with van der Waals surface area (Å²) in [7, 11) is 0. The van der Waals surface area contributed by atoms with Crippen molar-refractivity contribution in [2.75, 3.05) is 32.8 Å². The quantitative estimate of drug-likeness (QED) is 0.879. The predicted octanol–water partition coefficient (Wildman–Crippen LogP) is 1.75. The van der Waals surface area contributed by atoms with Crippen molar-refractivity contribution >= 4 is 0 Å². The number of piperazine rings is 1. The van der Waals surface area contributed by atoms with Crippen molar-refractivity contribution < 1.29 is 4.74 Å². The second kappa shape index (κ2) is 5.72. The molecule has 2 saturated heterocycles. The standard InChI is InChI=1S/C15H22N2O/c1-2-4-15(5-3-1)18-12-13-6-7-14-10-16-8-9-17(14)11-13/h1-5,13-14,16H,6-12H2/t13-,14+/m1/s1. The highest BCUT2D eigenvalue weighted by Gasteiger charge is 2.29. The minimum atomic E-state index is 0.694. The summed E-state index contributed by atoms with van der Waals surface area (Å²) in [6.07, 6.45) is 2.62. The minimum absolute atomic E-state index is 0.694. The van der Waals surface area contributed by atoms with Crippen LogP contribution in [0, 0.1) is 5.92 Å². The molecule has 1 aromatic carbocycles. The first-order valence-electron chi connectivity index (χ1n) is 7.04. The first-order chi connectivity index (χ1) is 8.92. The Morgan fingerprint density at radius 2 is 2.11 bits per heavy atom. The predicted molar refractivity (Wildman–Crippen MR) is 72.9 cm³/mol. The van der Waals surface area contributed by atoms with Crippen molar-refractivity contribution in [2.45, 2.75) is 18.9 Å². The van der Waals surface area contributed by atoms with Gasteiger partial charge < -0.3 is 10.1 Å². The Bertz CT molecular complexity index is 368. The maximum atomic E-state index is 5.88. The molecule has 1 aromatic rings. The maximum Gasteiger partial charge on any atom is 0.119 e. The van der Waals surface area contributed by atoms with Gasteiger partial charge in [-0.15, -0.1) is 0 Å². The van der Waals surface area contributed by atoms with E-state index < -0.39 is 0 Å². The van der Waals surface area contributed by atoms with Gasteiger partial charge >= 0.3 is 0 Å². The zero-order chi connectivity index (χ0) is 12.2. The van der Waals surface area contributed by atoms with Crippen LogP contribution in [0.4, 0.5) is 0 Å². The average Bonchev–Trinajstić information content (AvgIpc) is 2.46. The van der Waals surface area contributed by atoms with Crippen LogP contribution in [-0.4, -0.2) is 43.7 Å². The number of ether oxygens (including phenoxy) is 1. The molecule has 0 unspecified atom stereocenters. The van der Waals surface area contributed by atoms with Crippen LogP contribution in [0.15, 0.2) is 30.3 Å². The molecule has 3 heteroatoms. The largest absolute Gasteiger partial charge is 0.493 e. The summed E-state index contributed by atoms with van der Waals surface area (Å²) in [5.41, 5.74) is 0. The Kier molecular flexibility index (Phi) is 3.81. The third kappa shape index (κ3) is 2.85. The van der Waals surface area contributed by atoms with Crippen molar-refractivity contribution in [1.29, 1.82) is 0 Å². The molecule has 1 N–H and O–H groups in total. The van der Waals surface area contributed by atoms with E-state index >= 15 is 0 Å². The van der Waals surface area contributed by atoms with E-state index in [1.165, 1.54) is 32.5 Å². The van der Waals surface area contributed by atoms with Gasteiger partial charge in [-0.25, -0.2) is 0 Å². The van der Waals surface area contributed by atoms with E-state index in [4.69, 9.17) is 4.74 Å². The molecular weight excluding hydrogens is 224 g/mol. The molecule has 0 radical (unpaired) electrons. The number of rotatable bonds is 3. The van der Waals surface area contributed by atoms with E-state index in [1.54, 1.807) is 0 Å². The van der Waals surface area contributed by atoms with Crippen molar-refractivity contribution in [3.63, 3.8) is 0 Å². The monoisotopic (exact) mass is 246 g/mol. The van der Waals surface area contributed by atoms with E-state index in [0.717, 1.165) is 24.9 Å². The second-order valence-electron chi connectivity index (χ2n) is 5.42. The number of benzene rings is 1. The Balaban J connectivity index is 1.49. The van der Waals surface area contributed by atoms with Crippen molar-refractivity contribution in [3.8, 4) is 5.75 Å². The molecule has 2 aliphatic heterocycles. The van der Waals surface area contributed by atoms with Gasteiger partial charge in [-0.05, 0) is 25.0 Å². The van der Waals surface area contributed by atoms with Gasteiger partial charge in [0.05, 0.1) is 6.61 Å². The van der Waals surface area contributed by atoms with Gasteiger partial charge in [0.2, 0.25) is 0 Å². The molecule has 3 rings (SSSR count). The molecule has 0 saturated carbocycles. The molecule has 0 spiro atoms. The number of nitrogens with one attached hydrogen (secondary N) is 1. The molecule has 2 heterocycles. The molecule has 3 nitrogen and oxygen atoms in total. The van der Waals surface area contributed by atoms with Gasteiger partial charge in [0.25, 0.3) is 0 Å². The number of para-hydroxylation sites is 1. The van der Waals surface area contributed by atoms with E-state index in [1.807, 2.05) is 30.3 Å². The lowest BCUT2D eigenvalue weighted by molar-refractivity contribution is 0.0650. The second-order valence-corrected chi connectivity index (χ2v) is 5.42. The normalized spacial score (nSPS) is 28.7. The summed E-state index contributed by atoms with van der Waals surface area (Å²) in [6.45, 7) is 5.58. The fraction of sp³-hybridized carbons (Fsp3) is 0.600. The Morgan fingerprint density at radius 3 is 3.00 bits per heavy atom. The highest BCUT2D eigenvalue weighted by Crippen LogP contribution is 2.23. The SMILES string of the molecule is c1ccc(OC[C@@H]2CC[C@H]3CNCCN3C2)cc1. The van der Waals surface area contributed by atoms with E-state index in [9.17, 15) is 0 Å². The Hall–Kier alpha value is -1.06. The summed E-state index contributed by atoms with van der Waals surface area (Å²) in [4.78, 5) is 2.64. The molecule has 0 aromatic heterocycles. The van der Waals surface area contributed by atoms with Crippen LogP contribution in [0.5, 0.6) is 5.75 Å². The zero-order valence-corrected chi connectivity index (χ0v) is 10.8. The minimum Gasteiger partial charge on any atom is -0.493 e. The molecule has 2 atom stereocenters. The lowest BCUT2D eigenvalue weighted by Gasteiger charge is -2.42. The smallest absolute Gasteiger partial charge is 0.119 e. The fourth-order valence-electron chi connectivity index (χ4n) is 3.05. The van der Waals surface area contributed by atoms with Gasteiger partial charge in [0.1, 0.15) is 5.75 Å². The van der Waals surface area contributed by atoms with Crippen molar-refractivity contribution in [3.05, 3.63) is 30.3 Å². The summed E-state index contributed by atoms with van der Waals surface area (Å²) in [6, 6.07) is 10.9. The maximum absolute atomic E-state index is 5.88. The number of nitrogens with zero attached hydrogens (tertiary/aromatic N) is 1. The summed E-state index contributed by atoms with van der Waals surface area (Å²) >= 11 is 0. The molecular formula is C15H22N2O. The number of fused-ring (bicyclic) bond motifs is 1. The third-order valence-corrected chi connectivity index (χ3v) is 4.10. The van der Waals surface area contributed by atoms with Gasteiger partial charge in [-0.2, -0.15) is 0 Å². The molecule has 0 amide bonds. The summed E-state index contributed by atoms with van der Waals surface area (Å²) < 4.78 is 5.88. The first-order valence-corrected chi connectivity index (χ1v) is 7.04. The van der Waals surface area contributed by atoms with Crippen molar-refractivity contribution in [1.82, 2.24) is 10.2 Å². The summed E-state index contributed by atoms with van der Waals surface area (Å²) in [5.74, 6) is 1.69. The van der Waals surface area contributed by atoms with Crippen LogP contribution in [0.1, 0.15) is 12.8 Å². The Labute approximate surface area is 109 Å². The first kappa shape index (κ1) is 12.0. The highest BCUT2D eigenvalue weighted by molar-refractivity contribution is 5.20. The third-order valence-electron chi connectivity index (χ3n) is 4.10. The zero-order valence-electron chi connectivity index (χ0n) is 10.8. The van der Waals surface area contributed by atoms with E-state index in [0.29, 0.717) is 5.92 Å². The highest BCUT2D eigenvalue weighted by atomic mass is 16.5. The van der Waals surface area contributed by atoms with Crippen LogP contribution in [0.2, 0.25) is 0 Å². The van der Waals surface area contributed by atoms with Gasteiger partial charge in [-0.3, -0.25) is 4.90 Å². The molecule has 98 valence electrons. The van der Waals surface area contributed by atoms with Crippen molar-refractivity contribution in [2.24, 2.45) is 5.92 Å². The van der Waals surface area contributed by atoms with E-state index in [-0.39, 0.29) is 0 Å². The molecule has 0 aliphatic carbocycles. The number of piperidine rings is 1. The molecule has 18 heavy (non-hydrogen) atoms. The van der Waals surface area contributed by atoms with Gasteiger partial charge in [0, 0.05) is 38.1 Å². The van der Waals surface area contributed by atoms with Crippen LogP contribution < -0.4 is 10.1 Å². The average molecular weight is 246 g/mol. The van der Waals surface area contributed by atoms with Crippen LogP contribution >= 0.6 is 0 Å². The van der Waals surface area contributed by atoms with Gasteiger partial charge in [-0.1, -0.05) is 18.2 Å². The van der Waals surface area contributed by atoms with Crippen LogP contribution in [0.25, 0.3) is 0 Å².